The lowest BCUT2D eigenvalue weighted by atomic mass is 9.97. The van der Waals surface area contributed by atoms with Crippen molar-refractivity contribution in [3.8, 4) is 11.5 Å². The predicted octanol–water partition coefficient (Wildman–Crippen LogP) is 3.87. The fraction of sp³-hybridized carbons (Fsp3) is 0.278. The van der Waals surface area contributed by atoms with Crippen molar-refractivity contribution in [1.82, 2.24) is 0 Å². The number of hydrogen-bond acceptors (Lipinski definition) is 4. The van der Waals surface area contributed by atoms with Crippen LogP contribution in [0.15, 0.2) is 48.5 Å². The van der Waals surface area contributed by atoms with Gasteiger partial charge in [-0.2, -0.15) is 0 Å². The monoisotopic (exact) mass is 335 g/mol. The second kappa shape index (κ2) is 9.06. The average Bonchev–Trinajstić information content (AvgIpc) is 2.53. The molecule has 0 aliphatic heterocycles. The van der Waals surface area contributed by atoms with Crippen molar-refractivity contribution < 1.29 is 14.3 Å². The summed E-state index contributed by atoms with van der Waals surface area (Å²) in [7, 11) is 1.60. The van der Waals surface area contributed by atoms with Gasteiger partial charge in [-0.15, -0.1) is 12.4 Å². The van der Waals surface area contributed by atoms with Crippen LogP contribution in [0.5, 0.6) is 11.5 Å². The minimum Gasteiger partial charge on any atom is -0.497 e. The maximum Gasteiger partial charge on any atom is 0.314 e. The number of esters is 1. The zero-order valence-corrected chi connectivity index (χ0v) is 14.1. The zero-order valence-electron chi connectivity index (χ0n) is 13.3. The van der Waals surface area contributed by atoms with Crippen LogP contribution in [0.4, 0.5) is 5.69 Å². The van der Waals surface area contributed by atoms with E-state index in [4.69, 9.17) is 15.2 Å². The molecule has 0 aromatic heterocycles. The van der Waals surface area contributed by atoms with Gasteiger partial charge in [0.15, 0.2) is 0 Å². The van der Waals surface area contributed by atoms with E-state index in [1.54, 1.807) is 31.4 Å². The van der Waals surface area contributed by atoms with Crippen molar-refractivity contribution in [2.24, 2.45) is 5.92 Å². The van der Waals surface area contributed by atoms with Gasteiger partial charge < -0.3 is 15.2 Å². The van der Waals surface area contributed by atoms with Crippen LogP contribution in [0.1, 0.15) is 18.9 Å². The summed E-state index contributed by atoms with van der Waals surface area (Å²) in [4.78, 5) is 12.3. The molecule has 0 saturated carbocycles. The third kappa shape index (κ3) is 5.49. The SMILES string of the molecule is CCC(Cc1cccc(N)c1)C(=O)Oc1ccc(OC)cc1.Cl. The van der Waals surface area contributed by atoms with Crippen LogP contribution in [0.2, 0.25) is 0 Å². The number of carbonyl (C=O) groups excluding carboxylic acids is 1. The van der Waals surface area contributed by atoms with E-state index < -0.39 is 0 Å². The van der Waals surface area contributed by atoms with E-state index in [2.05, 4.69) is 0 Å². The summed E-state index contributed by atoms with van der Waals surface area (Å²) >= 11 is 0. The molecule has 2 aromatic rings. The molecule has 0 bridgehead atoms. The highest BCUT2D eigenvalue weighted by molar-refractivity contribution is 5.85. The van der Waals surface area contributed by atoms with Crippen molar-refractivity contribution in [3.63, 3.8) is 0 Å². The van der Waals surface area contributed by atoms with E-state index in [0.29, 0.717) is 24.3 Å². The molecular formula is C18H22ClNO3. The maximum atomic E-state index is 12.3. The second-order valence-corrected chi connectivity index (χ2v) is 5.15. The van der Waals surface area contributed by atoms with Crippen molar-refractivity contribution in [1.29, 1.82) is 0 Å². The molecule has 23 heavy (non-hydrogen) atoms. The summed E-state index contributed by atoms with van der Waals surface area (Å²) in [6.45, 7) is 1.98. The van der Waals surface area contributed by atoms with E-state index in [9.17, 15) is 4.79 Å². The summed E-state index contributed by atoms with van der Waals surface area (Å²) in [5.74, 6) is 0.836. The van der Waals surface area contributed by atoms with Crippen molar-refractivity contribution in [2.45, 2.75) is 19.8 Å². The fourth-order valence-corrected chi connectivity index (χ4v) is 2.24. The molecule has 5 heteroatoms. The van der Waals surface area contributed by atoms with Crippen LogP contribution < -0.4 is 15.2 Å². The normalized spacial score (nSPS) is 11.2. The van der Waals surface area contributed by atoms with Gasteiger partial charge in [0.05, 0.1) is 13.0 Å². The van der Waals surface area contributed by atoms with E-state index in [-0.39, 0.29) is 24.3 Å². The predicted molar refractivity (Wildman–Crippen MR) is 94.2 cm³/mol. The molecule has 2 N–H and O–H groups in total. The van der Waals surface area contributed by atoms with Gasteiger partial charge in [0.25, 0.3) is 0 Å². The zero-order chi connectivity index (χ0) is 15.9. The Balaban J connectivity index is 0.00000264. The largest absolute Gasteiger partial charge is 0.497 e. The minimum absolute atomic E-state index is 0. The number of methoxy groups -OCH3 is 1. The first kappa shape index (κ1) is 18.8. The van der Waals surface area contributed by atoms with Crippen LogP contribution in [0.3, 0.4) is 0 Å². The molecule has 2 aromatic carbocycles. The average molecular weight is 336 g/mol. The van der Waals surface area contributed by atoms with E-state index in [1.165, 1.54) is 0 Å². The lowest BCUT2D eigenvalue weighted by molar-refractivity contribution is -0.139. The van der Waals surface area contributed by atoms with Gasteiger partial charge in [-0.3, -0.25) is 4.79 Å². The quantitative estimate of drug-likeness (QED) is 0.494. The Bertz CT molecular complexity index is 628. The Hall–Kier alpha value is -2.20. The first-order valence-corrected chi connectivity index (χ1v) is 7.32. The summed E-state index contributed by atoms with van der Waals surface area (Å²) in [6.07, 6.45) is 1.33. The number of rotatable bonds is 6. The van der Waals surface area contributed by atoms with Gasteiger partial charge in [0, 0.05) is 5.69 Å². The van der Waals surface area contributed by atoms with Crippen molar-refractivity contribution >= 4 is 24.1 Å². The molecule has 0 aliphatic carbocycles. The number of halogens is 1. The Morgan fingerprint density at radius 1 is 1.13 bits per heavy atom. The molecular weight excluding hydrogens is 314 g/mol. The number of anilines is 1. The topological polar surface area (TPSA) is 61.6 Å². The summed E-state index contributed by atoms with van der Waals surface area (Å²) in [5, 5.41) is 0. The summed E-state index contributed by atoms with van der Waals surface area (Å²) in [5.41, 5.74) is 7.52. The highest BCUT2D eigenvalue weighted by Gasteiger charge is 2.19. The van der Waals surface area contributed by atoms with Crippen LogP contribution >= 0.6 is 12.4 Å². The number of nitrogens with two attached hydrogens (primary N) is 1. The molecule has 124 valence electrons. The number of ether oxygens (including phenoxy) is 2. The standard InChI is InChI=1S/C18H21NO3.ClH/c1-3-14(11-13-5-4-6-15(19)12-13)18(20)22-17-9-7-16(21-2)8-10-17;/h4-10,12,14H,3,11,19H2,1-2H3;1H. The molecule has 1 unspecified atom stereocenters. The van der Waals surface area contributed by atoms with E-state index in [1.807, 2.05) is 31.2 Å². The van der Waals surface area contributed by atoms with Gasteiger partial charge in [-0.1, -0.05) is 19.1 Å². The Morgan fingerprint density at radius 2 is 1.78 bits per heavy atom. The molecule has 0 fully saturated rings. The Labute approximate surface area is 143 Å². The molecule has 0 heterocycles. The highest BCUT2D eigenvalue weighted by atomic mass is 35.5. The number of benzene rings is 2. The molecule has 2 rings (SSSR count). The lowest BCUT2D eigenvalue weighted by Gasteiger charge is -2.14. The van der Waals surface area contributed by atoms with Crippen molar-refractivity contribution in [2.75, 3.05) is 12.8 Å². The van der Waals surface area contributed by atoms with Crippen LogP contribution in [-0.4, -0.2) is 13.1 Å². The fourth-order valence-electron chi connectivity index (χ4n) is 2.24. The molecule has 1 atom stereocenters. The van der Waals surface area contributed by atoms with Gasteiger partial charge in [-0.25, -0.2) is 0 Å². The molecule has 4 nitrogen and oxygen atoms in total. The number of nitrogen functional groups attached to an aromatic ring is 1. The lowest BCUT2D eigenvalue weighted by Crippen LogP contribution is -2.22. The van der Waals surface area contributed by atoms with Crippen molar-refractivity contribution in [3.05, 3.63) is 54.1 Å². The van der Waals surface area contributed by atoms with Crippen LogP contribution in [-0.2, 0) is 11.2 Å². The third-order valence-corrected chi connectivity index (χ3v) is 3.54. The van der Waals surface area contributed by atoms with Gasteiger partial charge >= 0.3 is 5.97 Å². The second-order valence-electron chi connectivity index (χ2n) is 5.15. The highest BCUT2D eigenvalue weighted by Crippen LogP contribution is 2.21. The minimum atomic E-state index is -0.227. The number of carbonyl (C=O) groups is 1. The Kier molecular flexibility index (Phi) is 7.42. The molecule has 0 spiro atoms. The molecule has 0 aliphatic rings. The van der Waals surface area contributed by atoms with E-state index in [0.717, 1.165) is 11.3 Å². The van der Waals surface area contributed by atoms with Gasteiger partial charge in [0.1, 0.15) is 11.5 Å². The molecule has 0 radical (unpaired) electrons. The first-order chi connectivity index (χ1) is 10.6. The van der Waals surface area contributed by atoms with Crippen LogP contribution in [0, 0.1) is 5.92 Å². The third-order valence-electron chi connectivity index (χ3n) is 3.54. The summed E-state index contributed by atoms with van der Waals surface area (Å²) in [6, 6.07) is 14.6. The smallest absolute Gasteiger partial charge is 0.314 e. The van der Waals surface area contributed by atoms with Gasteiger partial charge in [0.2, 0.25) is 0 Å². The van der Waals surface area contributed by atoms with Crippen LogP contribution in [0.25, 0.3) is 0 Å². The Morgan fingerprint density at radius 3 is 2.35 bits per heavy atom. The first-order valence-electron chi connectivity index (χ1n) is 7.32. The van der Waals surface area contributed by atoms with Gasteiger partial charge in [-0.05, 0) is 54.8 Å². The summed E-state index contributed by atoms with van der Waals surface area (Å²) < 4.78 is 10.5. The maximum absolute atomic E-state index is 12.3. The molecule has 0 amide bonds. The van der Waals surface area contributed by atoms with E-state index >= 15 is 0 Å². The number of hydrogen-bond donors (Lipinski definition) is 1. The molecule has 0 saturated heterocycles.